The average molecular weight is 251 g/mol. The first-order chi connectivity index (χ1) is 8.04. The van der Waals surface area contributed by atoms with E-state index in [0.29, 0.717) is 12.6 Å². The summed E-state index contributed by atoms with van der Waals surface area (Å²) >= 11 is 1.81. The van der Waals surface area contributed by atoms with Crippen molar-refractivity contribution in [3.63, 3.8) is 0 Å². The highest BCUT2D eigenvalue weighted by Crippen LogP contribution is 2.08. The maximum Gasteiger partial charge on any atom is 0.176 e. The van der Waals surface area contributed by atoms with Gasteiger partial charge in [-0.25, -0.2) is 0 Å². The van der Waals surface area contributed by atoms with Crippen LogP contribution in [0.3, 0.4) is 0 Å². The van der Waals surface area contributed by atoms with Crippen molar-refractivity contribution >= 4 is 17.5 Å². The summed E-state index contributed by atoms with van der Waals surface area (Å²) in [4.78, 5) is 14.2. The van der Waals surface area contributed by atoms with E-state index >= 15 is 0 Å². The number of Topliss-reactive ketones (excluding diaryl/α,β-unsaturated/α-hetero) is 1. The molecule has 0 aliphatic carbocycles. The molecule has 94 valence electrons. The number of carbonyl (C=O) groups excluding carboxylic acids is 1. The predicted molar refractivity (Wildman–Crippen MR) is 76.0 cm³/mol. The topological polar surface area (TPSA) is 20.3 Å². The highest BCUT2D eigenvalue weighted by molar-refractivity contribution is 7.98. The lowest BCUT2D eigenvalue weighted by molar-refractivity contribution is 0.0931. The molecule has 0 N–H and O–H groups in total. The summed E-state index contributed by atoms with van der Waals surface area (Å²) in [7, 11) is 2.01. The minimum Gasteiger partial charge on any atom is -0.295 e. The molecule has 0 radical (unpaired) electrons. The lowest BCUT2D eigenvalue weighted by Crippen LogP contribution is -2.35. The number of ketones is 1. The van der Waals surface area contributed by atoms with E-state index in [2.05, 4.69) is 18.1 Å². The molecule has 17 heavy (non-hydrogen) atoms. The predicted octanol–water partition coefficient (Wildman–Crippen LogP) is 2.86. The van der Waals surface area contributed by atoms with Gasteiger partial charge in [0.15, 0.2) is 5.78 Å². The minimum atomic E-state index is 0.198. The lowest BCUT2D eigenvalue weighted by atomic mass is 10.1. The molecule has 3 heteroatoms. The molecule has 1 aromatic rings. The van der Waals surface area contributed by atoms with Crippen molar-refractivity contribution in [2.45, 2.75) is 19.9 Å². The van der Waals surface area contributed by atoms with E-state index in [1.165, 1.54) is 0 Å². The summed E-state index contributed by atoms with van der Waals surface area (Å²) in [6.45, 7) is 4.65. The maximum atomic E-state index is 12.1. The zero-order chi connectivity index (χ0) is 12.8. The maximum absolute atomic E-state index is 12.1. The fraction of sp³-hybridized carbons (Fsp3) is 0.500. The van der Waals surface area contributed by atoms with Gasteiger partial charge in [0.1, 0.15) is 0 Å². The highest BCUT2D eigenvalue weighted by atomic mass is 32.2. The summed E-state index contributed by atoms with van der Waals surface area (Å²) in [5, 5.41) is 0. The van der Waals surface area contributed by atoms with Crippen molar-refractivity contribution in [1.29, 1.82) is 0 Å². The first-order valence-corrected chi connectivity index (χ1v) is 7.23. The molecular formula is C14H21NOS. The Bertz CT molecular complexity index is 378. The molecule has 0 aliphatic heterocycles. The Morgan fingerprint density at radius 1 is 1.47 bits per heavy atom. The van der Waals surface area contributed by atoms with Crippen LogP contribution in [0.15, 0.2) is 24.3 Å². The van der Waals surface area contributed by atoms with Crippen LogP contribution in [0.5, 0.6) is 0 Å². The number of aryl methyl sites for hydroxylation is 1. The average Bonchev–Trinajstić information content (AvgIpc) is 2.29. The molecule has 1 rings (SSSR count). The van der Waals surface area contributed by atoms with Crippen molar-refractivity contribution in [3.05, 3.63) is 35.4 Å². The van der Waals surface area contributed by atoms with Gasteiger partial charge in [-0.05, 0) is 33.2 Å². The van der Waals surface area contributed by atoms with Crippen LogP contribution >= 0.6 is 11.8 Å². The van der Waals surface area contributed by atoms with Gasteiger partial charge in [0, 0.05) is 17.4 Å². The number of hydrogen-bond donors (Lipinski definition) is 0. The number of carbonyl (C=O) groups is 1. The third-order valence-electron chi connectivity index (χ3n) is 2.89. The zero-order valence-corrected chi connectivity index (χ0v) is 11.9. The van der Waals surface area contributed by atoms with Crippen LogP contribution in [-0.2, 0) is 0 Å². The minimum absolute atomic E-state index is 0.198. The third-order valence-corrected chi connectivity index (χ3v) is 3.71. The van der Waals surface area contributed by atoms with Crippen LogP contribution in [-0.4, -0.2) is 42.3 Å². The monoisotopic (exact) mass is 251 g/mol. The van der Waals surface area contributed by atoms with E-state index in [-0.39, 0.29) is 5.78 Å². The molecule has 0 fully saturated rings. The molecule has 2 nitrogen and oxygen atoms in total. The van der Waals surface area contributed by atoms with Gasteiger partial charge in [-0.2, -0.15) is 11.8 Å². The van der Waals surface area contributed by atoms with Crippen LogP contribution in [0.25, 0.3) is 0 Å². The zero-order valence-electron chi connectivity index (χ0n) is 11.1. The molecule has 0 heterocycles. The molecule has 0 aliphatic rings. The fourth-order valence-electron chi connectivity index (χ4n) is 1.66. The molecule has 0 saturated heterocycles. The van der Waals surface area contributed by atoms with Crippen molar-refractivity contribution < 1.29 is 4.79 Å². The molecule has 1 unspecified atom stereocenters. The first-order valence-electron chi connectivity index (χ1n) is 5.83. The van der Waals surface area contributed by atoms with Gasteiger partial charge in [0.25, 0.3) is 0 Å². The molecule has 0 amide bonds. The van der Waals surface area contributed by atoms with Gasteiger partial charge >= 0.3 is 0 Å². The van der Waals surface area contributed by atoms with E-state index in [1.54, 1.807) is 0 Å². The normalized spacial score (nSPS) is 12.8. The summed E-state index contributed by atoms with van der Waals surface area (Å²) in [6, 6.07) is 8.22. The quantitative estimate of drug-likeness (QED) is 0.725. The van der Waals surface area contributed by atoms with E-state index in [4.69, 9.17) is 0 Å². The third kappa shape index (κ3) is 4.52. The molecule has 0 spiro atoms. The second-order valence-electron chi connectivity index (χ2n) is 4.51. The summed E-state index contributed by atoms with van der Waals surface area (Å²) < 4.78 is 0. The van der Waals surface area contributed by atoms with Crippen LogP contribution in [0.4, 0.5) is 0 Å². The van der Waals surface area contributed by atoms with Gasteiger partial charge in [0.2, 0.25) is 0 Å². The van der Waals surface area contributed by atoms with Crippen LogP contribution < -0.4 is 0 Å². The van der Waals surface area contributed by atoms with E-state index in [0.717, 1.165) is 16.9 Å². The largest absolute Gasteiger partial charge is 0.295 e. The Hall–Kier alpha value is -0.800. The second-order valence-corrected chi connectivity index (χ2v) is 5.42. The number of thioether (sulfide) groups is 1. The first kappa shape index (κ1) is 14.3. The van der Waals surface area contributed by atoms with Gasteiger partial charge in [-0.15, -0.1) is 0 Å². The Morgan fingerprint density at radius 2 is 2.18 bits per heavy atom. The molecule has 0 saturated carbocycles. The van der Waals surface area contributed by atoms with Crippen molar-refractivity contribution in [2.24, 2.45) is 0 Å². The highest BCUT2D eigenvalue weighted by Gasteiger charge is 2.13. The number of nitrogens with zero attached hydrogens (tertiary/aromatic N) is 1. The Kier molecular flexibility index (Phi) is 5.72. The van der Waals surface area contributed by atoms with Crippen LogP contribution in [0.2, 0.25) is 0 Å². The van der Waals surface area contributed by atoms with Crippen LogP contribution in [0, 0.1) is 6.92 Å². The summed E-state index contributed by atoms with van der Waals surface area (Å²) in [6.07, 6.45) is 2.09. The van der Waals surface area contributed by atoms with Gasteiger partial charge in [0.05, 0.1) is 6.54 Å². The lowest BCUT2D eigenvalue weighted by Gasteiger charge is -2.23. The van der Waals surface area contributed by atoms with E-state index in [1.807, 2.05) is 50.0 Å². The van der Waals surface area contributed by atoms with Gasteiger partial charge in [-0.1, -0.05) is 23.8 Å². The second kappa shape index (κ2) is 6.82. The number of likely N-dealkylation sites (N-methyl/N-ethyl adjacent to an activating group) is 1. The SMILES string of the molecule is CSCC(C)N(C)CC(=O)c1cccc(C)c1. The van der Waals surface area contributed by atoms with E-state index < -0.39 is 0 Å². The van der Waals surface area contributed by atoms with Gasteiger partial charge in [-0.3, -0.25) is 9.69 Å². The van der Waals surface area contributed by atoms with Crippen molar-refractivity contribution in [3.8, 4) is 0 Å². The molecule has 0 aromatic heterocycles. The Morgan fingerprint density at radius 3 is 2.76 bits per heavy atom. The van der Waals surface area contributed by atoms with Crippen molar-refractivity contribution in [2.75, 3.05) is 25.6 Å². The number of rotatable bonds is 6. The van der Waals surface area contributed by atoms with Gasteiger partial charge < -0.3 is 0 Å². The summed E-state index contributed by atoms with van der Waals surface area (Å²) in [5.41, 5.74) is 1.95. The van der Waals surface area contributed by atoms with Crippen LogP contribution in [0.1, 0.15) is 22.8 Å². The summed E-state index contributed by atoms with van der Waals surface area (Å²) in [5.74, 6) is 1.25. The molecular weight excluding hydrogens is 230 g/mol. The molecule has 0 bridgehead atoms. The Balaban J connectivity index is 2.60. The molecule has 1 atom stereocenters. The Labute approximate surface area is 108 Å². The number of benzene rings is 1. The number of hydrogen-bond acceptors (Lipinski definition) is 3. The smallest absolute Gasteiger partial charge is 0.176 e. The molecule has 1 aromatic carbocycles. The van der Waals surface area contributed by atoms with Crippen molar-refractivity contribution in [1.82, 2.24) is 4.90 Å². The van der Waals surface area contributed by atoms with E-state index in [9.17, 15) is 4.79 Å². The fourth-order valence-corrected chi connectivity index (χ4v) is 2.40. The standard InChI is InChI=1S/C14H21NOS/c1-11-6-5-7-13(8-11)14(16)9-15(3)12(2)10-17-4/h5-8,12H,9-10H2,1-4H3.